The number of nitrogens with zero attached hydrogens (tertiary/aromatic N) is 4. The Morgan fingerprint density at radius 3 is 2.93 bits per heavy atom. The molecule has 2 aliphatic rings. The van der Waals surface area contributed by atoms with Crippen LogP contribution in [0, 0.1) is 0 Å². The molecule has 1 unspecified atom stereocenters. The topological polar surface area (TPSA) is 61.4 Å². The third-order valence-electron chi connectivity index (χ3n) is 4.84. The van der Waals surface area contributed by atoms with Crippen LogP contribution in [0.2, 0.25) is 0 Å². The Labute approximate surface area is 154 Å². The molecule has 3 heterocycles. The van der Waals surface area contributed by atoms with Crippen molar-refractivity contribution in [3.05, 3.63) is 36.0 Å². The molecule has 4 rings (SSSR count). The van der Waals surface area contributed by atoms with Crippen molar-refractivity contribution in [3.8, 4) is 11.4 Å². The molecule has 2 aromatic rings. The zero-order chi connectivity index (χ0) is 19.2. The highest BCUT2D eigenvalue weighted by Crippen LogP contribution is 2.39. The molecule has 1 aromatic carbocycles. The molecule has 27 heavy (non-hydrogen) atoms. The molecule has 142 valence electrons. The van der Waals surface area contributed by atoms with Crippen molar-refractivity contribution in [2.45, 2.75) is 25.6 Å². The van der Waals surface area contributed by atoms with Crippen LogP contribution in [0.5, 0.6) is 0 Å². The van der Waals surface area contributed by atoms with Gasteiger partial charge in [-0.05, 0) is 25.5 Å². The molecule has 0 saturated carbocycles. The molecule has 2 amide bonds. The number of halogens is 3. The highest BCUT2D eigenvalue weighted by atomic mass is 19.4. The van der Waals surface area contributed by atoms with Crippen molar-refractivity contribution in [2.75, 3.05) is 29.4 Å². The monoisotopic (exact) mass is 377 g/mol. The third kappa shape index (κ3) is 3.07. The van der Waals surface area contributed by atoms with Gasteiger partial charge >= 0.3 is 12.2 Å². The van der Waals surface area contributed by atoms with Gasteiger partial charge in [0.25, 0.3) is 0 Å². The number of carbonyl (C=O) groups is 1. The van der Waals surface area contributed by atoms with Gasteiger partial charge in [0.1, 0.15) is 0 Å². The molecule has 1 aromatic heterocycles. The van der Waals surface area contributed by atoms with Gasteiger partial charge in [-0.15, -0.1) is 0 Å². The van der Waals surface area contributed by atoms with Crippen LogP contribution in [0.25, 0.3) is 11.4 Å². The largest absolute Gasteiger partial charge is 0.416 e. The number of hydrogen-bond donors (Lipinski definition) is 1. The summed E-state index contributed by atoms with van der Waals surface area (Å²) in [4.78, 5) is 25.0. The van der Waals surface area contributed by atoms with Crippen LogP contribution >= 0.6 is 0 Å². The first-order chi connectivity index (χ1) is 12.9. The van der Waals surface area contributed by atoms with Crippen molar-refractivity contribution in [1.82, 2.24) is 15.3 Å². The lowest BCUT2D eigenvalue weighted by molar-refractivity contribution is -0.137. The average molecular weight is 377 g/mol. The number of alkyl halides is 3. The van der Waals surface area contributed by atoms with E-state index in [9.17, 15) is 18.0 Å². The van der Waals surface area contributed by atoms with Gasteiger partial charge in [0.05, 0.1) is 23.5 Å². The number of aromatic nitrogens is 2. The van der Waals surface area contributed by atoms with Gasteiger partial charge in [0.15, 0.2) is 11.6 Å². The van der Waals surface area contributed by atoms with Crippen molar-refractivity contribution in [1.29, 1.82) is 0 Å². The fraction of sp³-hybridized carbons (Fsp3) is 0.389. The normalized spacial score (nSPS) is 18.4. The van der Waals surface area contributed by atoms with E-state index in [1.807, 2.05) is 6.92 Å². The van der Waals surface area contributed by atoms with Gasteiger partial charge in [-0.1, -0.05) is 12.1 Å². The first kappa shape index (κ1) is 17.6. The third-order valence-corrected chi connectivity index (χ3v) is 4.84. The highest BCUT2D eigenvalue weighted by molar-refractivity contribution is 5.96. The number of rotatable bonds is 2. The minimum absolute atomic E-state index is 0.00619. The van der Waals surface area contributed by atoms with E-state index in [0.29, 0.717) is 18.9 Å². The SMILES string of the molecule is CCNC(=O)N1c2nc(-c3cccc(C(F)(F)F)c3)ncc2N2CCC1C2. The summed E-state index contributed by atoms with van der Waals surface area (Å²) in [5.41, 5.74) is 0.229. The number of amides is 2. The number of anilines is 2. The second-order valence-corrected chi connectivity index (χ2v) is 6.58. The fourth-order valence-electron chi connectivity index (χ4n) is 3.58. The second kappa shape index (κ2) is 6.40. The van der Waals surface area contributed by atoms with Crippen LogP contribution in [0.4, 0.5) is 29.5 Å². The number of nitrogens with one attached hydrogen (secondary N) is 1. The lowest BCUT2D eigenvalue weighted by Gasteiger charge is -2.35. The quantitative estimate of drug-likeness (QED) is 0.873. The molecule has 6 nitrogen and oxygen atoms in total. The predicted molar refractivity (Wildman–Crippen MR) is 94.6 cm³/mol. The number of carbonyl (C=O) groups excluding carboxylic acids is 1. The molecule has 1 fully saturated rings. The number of fused-ring (bicyclic) bond motifs is 4. The van der Waals surface area contributed by atoms with Gasteiger partial charge in [-0.25, -0.2) is 14.8 Å². The van der Waals surface area contributed by atoms with Crippen molar-refractivity contribution in [3.63, 3.8) is 0 Å². The molecular weight excluding hydrogens is 359 g/mol. The van der Waals surface area contributed by atoms with E-state index in [4.69, 9.17) is 0 Å². The maximum Gasteiger partial charge on any atom is 0.416 e. The summed E-state index contributed by atoms with van der Waals surface area (Å²) >= 11 is 0. The first-order valence-corrected chi connectivity index (χ1v) is 8.75. The Morgan fingerprint density at radius 2 is 2.19 bits per heavy atom. The molecular formula is C18H18F3N5O. The smallest absolute Gasteiger partial charge is 0.365 e. The van der Waals surface area contributed by atoms with E-state index in [0.717, 1.165) is 30.8 Å². The Morgan fingerprint density at radius 1 is 1.37 bits per heavy atom. The summed E-state index contributed by atoms with van der Waals surface area (Å²) < 4.78 is 39.0. The standard InChI is InChI=1S/C18H18F3N5O/c1-2-22-17(27)26-13-6-7-25(10-13)14-9-23-15(24-16(14)26)11-4-3-5-12(8-11)18(19,20)21/h3-5,8-9,13H,2,6-7,10H2,1H3,(H,22,27). The highest BCUT2D eigenvalue weighted by Gasteiger charge is 2.40. The summed E-state index contributed by atoms with van der Waals surface area (Å²) in [6.45, 7) is 3.81. The minimum Gasteiger partial charge on any atom is -0.365 e. The van der Waals surface area contributed by atoms with E-state index >= 15 is 0 Å². The van der Waals surface area contributed by atoms with Gasteiger partial charge in [0, 0.05) is 25.2 Å². The summed E-state index contributed by atoms with van der Waals surface area (Å²) in [5, 5.41) is 2.79. The first-order valence-electron chi connectivity index (χ1n) is 8.75. The second-order valence-electron chi connectivity index (χ2n) is 6.58. The van der Waals surface area contributed by atoms with Crippen LogP contribution < -0.4 is 15.1 Å². The summed E-state index contributed by atoms with van der Waals surface area (Å²) in [6, 6.07) is 4.64. The van der Waals surface area contributed by atoms with Crippen LogP contribution in [0.1, 0.15) is 18.9 Å². The summed E-state index contributed by atoms with van der Waals surface area (Å²) in [7, 11) is 0. The maximum absolute atomic E-state index is 13.0. The molecule has 2 bridgehead atoms. The van der Waals surface area contributed by atoms with Gasteiger partial charge < -0.3 is 10.2 Å². The summed E-state index contributed by atoms with van der Waals surface area (Å²) in [6.07, 6.45) is -2.04. The Kier molecular flexibility index (Phi) is 4.16. The van der Waals surface area contributed by atoms with Crippen molar-refractivity contribution >= 4 is 17.5 Å². The van der Waals surface area contributed by atoms with Gasteiger partial charge in [-0.3, -0.25) is 4.90 Å². The minimum atomic E-state index is -4.44. The average Bonchev–Trinajstić information content (AvgIpc) is 3.05. The number of benzene rings is 1. The molecule has 1 saturated heterocycles. The van der Waals surface area contributed by atoms with Crippen LogP contribution in [-0.2, 0) is 6.18 Å². The maximum atomic E-state index is 13.0. The Balaban J connectivity index is 1.78. The summed E-state index contributed by atoms with van der Waals surface area (Å²) in [5.74, 6) is 0.605. The van der Waals surface area contributed by atoms with Gasteiger partial charge in [-0.2, -0.15) is 13.2 Å². The van der Waals surface area contributed by atoms with Crippen molar-refractivity contribution < 1.29 is 18.0 Å². The van der Waals surface area contributed by atoms with E-state index in [-0.39, 0.29) is 23.5 Å². The lowest BCUT2D eigenvalue weighted by Crippen LogP contribution is -2.50. The van der Waals surface area contributed by atoms with Crippen LogP contribution in [0.15, 0.2) is 30.5 Å². The zero-order valence-corrected chi connectivity index (χ0v) is 14.6. The van der Waals surface area contributed by atoms with E-state index in [2.05, 4.69) is 20.2 Å². The molecule has 0 aliphatic carbocycles. The van der Waals surface area contributed by atoms with E-state index in [1.165, 1.54) is 12.1 Å². The predicted octanol–water partition coefficient (Wildman–Crippen LogP) is 3.29. The molecule has 0 spiro atoms. The van der Waals surface area contributed by atoms with E-state index < -0.39 is 11.7 Å². The molecule has 1 N–H and O–H groups in total. The lowest BCUT2D eigenvalue weighted by atomic mass is 10.1. The molecule has 9 heteroatoms. The number of urea groups is 1. The van der Waals surface area contributed by atoms with Crippen molar-refractivity contribution in [2.24, 2.45) is 0 Å². The van der Waals surface area contributed by atoms with Crippen LogP contribution in [-0.4, -0.2) is 41.7 Å². The zero-order valence-electron chi connectivity index (χ0n) is 14.6. The Bertz CT molecular complexity index is 886. The van der Waals surface area contributed by atoms with E-state index in [1.54, 1.807) is 11.1 Å². The molecule has 1 atom stereocenters. The molecule has 0 radical (unpaired) electrons. The fourth-order valence-corrected chi connectivity index (χ4v) is 3.58. The Hall–Kier alpha value is -2.84. The van der Waals surface area contributed by atoms with Gasteiger partial charge in [0.2, 0.25) is 0 Å². The molecule has 2 aliphatic heterocycles. The van der Waals surface area contributed by atoms with Crippen LogP contribution in [0.3, 0.4) is 0 Å². The number of hydrogen-bond acceptors (Lipinski definition) is 4.